The number of carbonyl (C=O) groups is 2. The van der Waals surface area contributed by atoms with Crippen molar-refractivity contribution in [2.75, 3.05) is 6.54 Å². The van der Waals surface area contributed by atoms with E-state index in [9.17, 15) is 19.5 Å². The van der Waals surface area contributed by atoms with Crippen LogP contribution in [0.1, 0.15) is 17.3 Å². The van der Waals surface area contributed by atoms with Gasteiger partial charge in [-0.2, -0.15) is 0 Å². The molecule has 0 fully saturated rings. The Bertz CT molecular complexity index is 811. The molecule has 7 heteroatoms. The largest absolute Gasteiger partial charge is 0.506 e. The third kappa shape index (κ3) is 2.92. The molecule has 6 nitrogen and oxygen atoms in total. The molecule has 0 aliphatic heterocycles. The number of rotatable bonds is 3. The highest BCUT2D eigenvalue weighted by Crippen LogP contribution is 2.27. The molecule has 0 unspecified atom stereocenters. The maximum atomic E-state index is 12.2. The van der Waals surface area contributed by atoms with Gasteiger partial charge < -0.3 is 15.0 Å². The van der Waals surface area contributed by atoms with Crippen LogP contribution in [0.25, 0.3) is 10.9 Å². The van der Waals surface area contributed by atoms with Gasteiger partial charge in [-0.1, -0.05) is 0 Å². The molecule has 1 heterocycles. The number of hydrogen-bond donors (Lipinski definition) is 2. The summed E-state index contributed by atoms with van der Waals surface area (Å²) in [5, 5.41) is 13.0. The van der Waals surface area contributed by atoms with Crippen molar-refractivity contribution >= 4 is 45.2 Å². The number of fused-ring (bicyclic) bond motifs is 1. The first-order chi connectivity index (χ1) is 9.82. The van der Waals surface area contributed by atoms with Gasteiger partial charge in [-0.25, -0.2) is 0 Å². The van der Waals surface area contributed by atoms with E-state index in [1.807, 2.05) is 0 Å². The van der Waals surface area contributed by atoms with E-state index in [4.69, 9.17) is 0 Å². The fourth-order valence-electron chi connectivity index (χ4n) is 2.00. The van der Waals surface area contributed by atoms with Crippen LogP contribution in [-0.4, -0.2) is 27.9 Å². The van der Waals surface area contributed by atoms with Crippen molar-refractivity contribution in [2.24, 2.45) is 7.05 Å². The summed E-state index contributed by atoms with van der Waals surface area (Å²) in [4.78, 5) is 35.2. The molecular formula is C14H13IN2O4. The number of carbonyl (C=O) groups excluding carboxylic acids is 2. The lowest BCUT2D eigenvalue weighted by Crippen LogP contribution is -2.34. The summed E-state index contributed by atoms with van der Waals surface area (Å²) in [5.41, 5.74) is -0.434. The van der Waals surface area contributed by atoms with Gasteiger partial charge in [0.1, 0.15) is 17.1 Å². The average Bonchev–Trinajstić information content (AvgIpc) is 2.43. The van der Waals surface area contributed by atoms with Crippen molar-refractivity contribution in [3.05, 3.63) is 37.7 Å². The number of halogens is 1. The topological polar surface area (TPSA) is 88.4 Å². The van der Waals surface area contributed by atoms with E-state index >= 15 is 0 Å². The normalized spacial score (nSPS) is 10.6. The summed E-state index contributed by atoms with van der Waals surface area (Å²) in [6.07, 6.45) is 0. The number of benzene rings is 1. The Balaban J connectivity index is 2.66. The maximum Gasteiger partial charge on any atom is 0.267 e. The predicted octanol–water partition coefficient (Wildman–Crippen LogP) is 1.17. The van der Waals surface area contributed by atoms with E-state index in [0.717, 1.165) is 3.57 Å². The smallest absolute Gasteiger partial charge is 0.267 e. The van der Waals surface area contributed by atoms with Gasteiger partial charge in [0.25, 0.3) is 11.5 Å². The number of ketones is 1. The molecular weight excluding hydrogens is 387 g/mol. The molecule has 1 aromatic carbocycles. The van der Waals surface area contributed by atoms with Gasteiger partial charge in [0.05, 0.1) is 12.1 Å². The number of aryl methyl sites for hydroxylation is 1. The summed E-state index contributed by atoms with van der Waals surface area (Å²) in [6, 6.07) is 5.19. The summed E-state index contributed by atoms with van der Waals surface area (Å²) in [6.45, 7) is 1.13. The van der Waals surface area contributed by atoms with Gasteiger partial charge >= 0.3 is 0 Å². The van der Waals surface area contributed by atoms with Crippen LogP contribution in [0.5, 0.6) is 5.75 Å². The van der Waals surface area contributed by atoms with E-state index in [1.54, 1.807) is 18.2 Å². The second kappa shape index (κ2) is 5.84. The number of amides is 1. The van der Waals surface area contributed by atoms with Crippen LogP contribution in [0.4, 0.5) is 0 Å². The summed E-state index contributed by atoms with van der Waals surface area (Å²) >= 11 is 2.08. The van der Waals surface area contributed by atoms with Gasteiger partial charge in [0, 0.05) is 16.0 Å². The van der Waals surface area contributed by atoms with Crippen LogP contribution >= 0.6 is 22.6 Å². The van der Waals surface area contributed by atoms with Gasteiger partial charge in [0.2, 0.25) is 0 Å². The third-order valence-electron chi connectivity index (χ3n) is 3.06. The molecule has 1 amide bonds. The van der Waals surface area contributed by atoms with Crippen LogP contribution < -0.4 is 10.9 Å². The van der Waals surface area contributed by atoms with E-state index in [0.29, 0.717) is 10.9 Å². The molecule has 0 bridgehead atoms. The number of nitrogens with zero attached hydrogens (tertiary/aromatic N) is 1. The summed E-state index contributed by atoms with van der Waals surface area (Å²) < 4.78 is 2.16. The molecule has 21 heavy (non-hydrogen) atoms. The van der Waals surface area contributed by atoms with Crippen molar-refractivity contribution in [2.45, 2.75) is 6.92 Å². The summed E-state index contributed by atoms with van der Waals surface area (Å²) in [7, 11) is 1.53. The Morgan fingerprint density at radius 3 is 2.67 bits per heavy atom. The maximum absolute atomic E-state index is 12.2. The van der Waals surface area contributed by atoms with E-state index in [-0.39, 0.29) is 23.6 Å². The fraction of sp³-hybridized carbons (Fsp3) is 0.214. The zero-order valence-electron chi connectivity index (χ0n) is 11.4. The lowest BCUT2D eigenvalue weighted by atomic mass is 10.1. The number of aromatic hydroxyl groups is 1. The second-order valence-corrected chi connectivity index (χ2v) is 5.88. The number of nitrogens with one attached hydrogen (secondary N) is 1. The van der Waals surface area contributed by atoms with Gasteiger partial charge in [-0.05, 0) is 47.7 Å². The molecule has 0 spiro atoms. The van der Waals surface area contributed by atoms with Crippen molar-refractivity contribution in [1.29, 1.82) is 0 Å². The fourth-order valence-corrected chi connectivity index (χ4v) is 2.49. The second-order valence-electron chi connectivity index (χ2n) is 4.63. The van der Waals surface area contributed by atoms with Crippen LogP contribution in [0.15, 0.2) is 23.0 Å². The minimum absolute atomic E-state index is 0.189. The van der Waals surface area contributed by atoms with Crippen LogP contribution in [0, 0.1) is 3.57 Å². The lowest BCUT2D eigenvalue weighted by Gasteiger charge is -2.11. The first-order valence-corrected chi connectivity index (χ1v) is 7.19. The van der Waals surface area contributed by atoms with Gasteiger partial charge in [-0.15, -0.1) is 0 Å². The van der Waals surface area contributed by atoms with E-state index < -0.39 is 11.5 Å². The van der Waals surface area contributed by atoms with Crippen molar-refractivity contribution in [1.82, 2.24) is 9.88 Å². The molecule has 1 aromatic heterocycles. The van der Waals surface area contributed by atoms with Gasteiger partial charge in [0.15, 0.2) is 0 Å². The molecule has 0 saturated carbocycles. The van der Waals surface area contributed by atoms with Crippen LogP contribution in [0.3, 0.4) is 0 Å². The minimum Gasteiger partial charge on any atom is -0.506 e. The Labute approximate surface area is 133 Å². The van der Waals surface area contributed by atoms with Crippen molar-refractivity contribution < 1.29 is 14.7 Å². The Hall–Kier alpha value is -1.90. The first-order valence-electron chi connectivity index (χ1n) is 6.11. The lowest BCUT2D eigenvalue weighted by molar-refractivity contribution is -0.116. The Kier molecular flexibility index (Phi) is 4.31. The quantitative estimate of drug-likeness (QED) is 0.758. The first kappa shape index (κ1) is 15.5. The zero-order valence-corrected chi connectivity index (χ0v) is 13.6. The Morgan fingerprint density at radius 1 is 1.38 bits per heavy atom. The van der Waals surface area contributed by atoms with Crippen LogP contribution in [-0.2, 0) is 11.8 Å². The number of hydrogen-bond acceptors (Lipinski definition) is 4. The molecule has 0 radical (unpaired) electrons. The molecule has 110 valence electrons. The highest BCUT2D eigenvalue weighted by atomic mass is 127. The highest BCUT2D eigenvalue weighted by molar-refractivity contribution is 14.1. The zero-order chi connectivity index (χ0) is 15.7. The molecule has 0 atom stereocenters. The standard InChI is InChI=1S/C14H13IN2O4/c1-7(18)6-16-13(20)11-12(19)9-5-8(15)3-4-10(9)17(2)14(11)21/h3-5,19H,6H2,1-2H3,(H,16,20). The molecule has 2 aromatic rings. The molecule has 0 aliphatic carbocycles. The van der Waals surface area contributed by atoms with Crippen molar-refractivity contribution in [3.8, 4) is 5.75 Å². The number of aromatic nitrogens is 1. The number of Topliss-reactive ketones (excluding diaryl/α,β-unsaturated/α-hetero) is 1. The predicted molar refractivity (Wildman–Crippen MR) is 86.6 cm³/mol. The molecule has 0 aliphatic rings. The monoisotopic (exact) mass is 400 g/mol. The van der Waals surface area contributed by atoms with E-state index in [1.165, 1.54) is 18.5 Å². The van der Waals surface area contributed by atoms with Crippen molar-refractivity contribution in [3.63, 3.8) is 0 Å². The van der Waals surface area contributed by atoms with E-state index in [2.05, 4.69) is 27.9 Å². The molecule has 2 N–H and O–H groups in total. The Morgan fingerprint density at radius 2 is 2.05 bits per heavy atom. The minimum atomic E-state index is -0.760. The SMILES string of the molecule is CC(=O)CNC(=O)c1c(O)c2cc(I)ccc2n(C)c1=O. The summed E-state index contributed by atoms with van der Waals surface area (Å²) in [5.74, 6) is -1.37. The average molecular weight is 400 g/mol. The molecule has 2 rings (SSSR count). The highest BCUT2D eigenvalue weighted by Gasteiger charge is 2.21. The third-order valence-corrected chi connectivity index (χ3v) is 3.73. The van der Waals surface area contributed by atoms with Crippen LogP contribution in [0.2, 0.25) is 0 Å². The molecule has 0 saturated heterocycles. The number of pyridine rings is 1. The van der Waals surface area contributed by atoms with Gasteiger partial charge in [-0.3, -0.25) is 14.4 Å².